The maximum atomic E-state index is 12.1. The molecule has 0 radical (unpaired) electrons. The molecule has 8 heteroatoms. The van der Waals surface area contributed by atoms with E-state index in [1.54, 1.807) is 11.6 Å². The molecule has 1 unspecified atom stereocenters. The summed E-state index contributed by atoms with van der Waals surface area (Å²) < 4.78 is 3.12. The Morgan fingerprint density at radius 1 is 1.41 bits per heavy atom. The average Bonchev–Trinajstić information content (AvgIpc) is 2.75. The Hall–Kier alpha value is -2.38. The molecule has 0 aliphatic carbocycles. The highest BCUT2D eigenvalue weighted by Crippen LogP contribution is 2.16. The summed E-state index contributed by atoms with van der Waals surface area (Å²) in [6, 6.07) is -0.0892. The van der Waals surface area contributed by atoms with Crippen LogP contribution in [0, 0.1) is 0 Å². The van der Waals surface area contributed by atoms with E-state index in [2.05, 4.69) is 9.97 Å². The Bertz CT molecular complexity index is 815. The van der Waals surface area contributed by atoms with Gasteiger partial charge in [-0.3, -0.25) is 19.1 Å². The van der Waals surface area contributed by atoms with Crippen molar-refractivity contribution in [2.45, 2.75) is 45.6 Å². The van der Waals surface area contributed by atoms with Gasteiger partial charge in [0, 0.05) is 25.9 Å². The number of aryl methyl sites for hydroxylation is 2. The lowest BCUT2D eigenvalue weighted by molar-refractivity contribution is -0.137. The van der Waals surface area contributed by atoms with Crippen LogP contribution in [-0.4, -0.2) is 30.2 Å². The van der Waals surface area contributed by atoms with Crippen molar-refractivity contribution in [3.63, 3.8) is 0 Å². The molecule has 22 heavy (non-hydrogen) atoms. The fourth-order valence-electron chi connectivity index (χ4n) is 2.48. The molecule has 1 atom stereocenters. The van der Waals surface area contributed by atoms with Crippen LogP contribution in [0.25, 0.3) is 11.2 Å². The summed E-state index contributed by atoms with van der Waals surface area (Å²) in [6.45, 7) is 3.84. The van der Waals surface area contributed by atoms with Crippen LogP contribution in [0.3, 0.4) is 0 Å². The van der Waals surface area contributed by atoms with Gasteiger partial charge in [0.2, 0.25) is 0 Å². The van der Waals surface area contributed by atoms with Gasteiger partial charge in [-0.15, -0.1) is 0 Å². The third kappa shape index (κ3) is 2.81. The Labute approximate surface area is 126 Å². The zero-order valence-electron chi connectivity index (χ0n) is 12.9. The van der Waals surface area contributed by atoms with Crippen molar-refractivity contribution in [3.8, 4) is 0 Å². The minimum absolute atomic E-state index is 0.0394. The molecule has 0 aliphatic rings. The molecule has 0 fully saturated rings. The van der Waals surface area contributed by atoms with Gasteiger partial charge >= 0.3 is 11.7 Å². The Kier molecular flexibility index (Phi) is 4.48. The highest BCUT2D eigenvalue weighted by atomic mass is 16.4. The quantitative estimate of drug-likeness (QED) is 0.820. The molecule has 2 rings (SSSR count). The third-order valence-electron chi connectivity index (χ3n) is 3.87. The molecular weight excluding hydrogens is 288 g/mol. The van der Waals surface area contributed by atoms with Crippen molar-refractivity contribution < 1.29 is 9.90 Å². The van der Waals surface area contributed by atoms with Crippen LogP contribution < -0.4 is 11.2 Å². The molecule has 2 aromatic heterocycles. The number of carboxylic acid groups (broad SMARTS) is 1. The van der Waals surface area contributed by atoms with Crippen LogP contribution in [0.5, 0.6) is 0 Å². The number of nitrogens with zero attached hydrogens (tertiary/aromatic N) is 3. The second-order valence-corrected chi connectivity index (χ2v) is 5.39. The number of fused-ring (bicyclic) bond motifs is 1. The van der Waals surface area contributed by atoms with E-state index >= 15 is 0 Å². The van der Waals surface area contributed by atoms with Gasteiger partial charge in [0.25, 0.3) is 5.56 Å². The van der Waals surface area contributed by atoms with Crippen LogP contribution >= 0.6 is 0 Å². The number of carboxylic acids is 1. The van der Waals surface area contributed by atoms with Crippen molar-refractivity contribution in [1.29, 1.82) is 0 Å². The van der Waals surface area contributed by atoms with Gasteiger partial charge in [-0.25, -0.2) is 9.78 Å². The number of hydrogen-bond donors (Lipinski definition) is 2. The smallest absolute Gasteiger partial charge is 0.330 e. The molecule has 0 aromatic carbocycles. The lowest BCUT2D eigenvalue weighted by Crippen LogP contribution is -2.32. The standard InChI is InChI=1S/C14H20N4O4/c1-4-8(2)18-12-11(13(21)16-14(18)22)17(3)9(15-12)6-5-7-10(19)20/h8H,4-7H2,1-3H3,(H,19,20)(H,16,21,22). The van der Waals surface area contributed by atoms with E-state index < -0.39 is 17.2 Å². The zero-order chi connectivity index (χ0) is 16.4. The highest BCUT2D eigenvalue weighted by Gasteiger charge is 2.18. The molecule has 8 nitrogen and oxygen atoms in total. The van der Waals surface area contributed by atoms with Gasteiger partial charge < -0.3 is 9.67 Å². The first kappa shape index (κ1) is 16.0. The second kappa shape index (κ2) is 6.17. The lowest BCUT2D eigenvalue weighted by atomic mass is 10.2. The second-order valence-electron chi connectivity index (χ2n) is 5.39. The highest BCUT2D eigenvalue weighted by molar-refractivity contribution is 5.71. The monoisotopic (exact) mass is 308 g/mol. The largest absolute Gasteiger partial charge is 0.481 e. The van der Waals surface area contributed by atoms with E-state index in [0.717, 1.165) is 6.42 Å². The summed E-state index contributed by atoms with van der Waals surface area (Å²) in [5.41, 5.74) is -0.248. The number of imidazole rings is 1. The number of nitrogens with one attached hydrogen (secondary N) is 1. The first-order chi connectivity index (χ1) is 10.4. The Morgan fingerprint density at radius 2 is 2.09 bits per heavy atom. The number of aromatic nitrogens is 4. The minimum atomic E-state index is -0.867. The zero-order valence-corrected chi connectivity index (χ0v) is 12.9. The van der Waals surface area contributed by atoms with Gasteiger partial charge in [-0.1, -0.05) is 6.92 Å². The first-order valence-corrected chi connectivity index (χ1v) is 7.28. The fraction of sp³-hybridized carbons (Fsp3) is 0.571. The first-order valence-electron chi connectivity index (χ1n) is 7.28. The Balaban J connectivity index is 2.57. The van der Waals surface area contributed by atoms with Crippen molar-refractivity contribution in [2.75, 3.05) is 0 Å². The molecule has 0 amide bonds. The predicted octanol–water partition coefficient (Wildman–Crippen LogP) is 0.802. The Morgan fingerprint density at radius 3 is 2.68 bits per heavy atom. The van der Waals surface area contributed by atoms with Crippen LogP contribution in [0.4, 0.5) is 0 Å². The van der Waals surface area contributed by atoms with E-state index in [9.17, 15) is 14.4 Å². The van der Waals surface area contributed by atoms with Crippen LogP contribution in [0.1, 0.15) is 45.0 Å². The minimum Gasteiger partial charge on any atom is -0.481 e. The number of aromatic amines is 1. The average molecular weight is 308 g/mol. The van der Waals surface area contributed by atoms with Crippen LogP contribution in [0.2, 0.25) is 0 Å². The van der Waals surface area contributed by atoms with Crippen LogP contribution in [0.15, 0.2) is 9.59 Å². The van der Waals surface area contributed by atoms with E-state index in [1.807, 2.05) is 13.8 Å². The summed E-state index contributed by atoms with van der Waals surface area (Å²) in [6.07, 6.45) is 1.63. The van der Waals surface area contributed by atoms with Gasteiger partial charge in [0.15, 0.2) is 11.2 Å². The van der Waals surface area contributed by atoms with Gasteiger partial charge in [-0.05, 0) is 19.8 Å². The predicted molar refractivity (Wildman–Crippen MR) is 81.2 cm³/mol. The van der Waals surface area contributed by atoms with E-state index in [-0.39, 0.29) is 12.5 Å². The van der Waals surface area contributed by atoms with Crippen molar-refractivity contribution >= 4 is 17.1 Å². The van der Waals surface area contributed by atoms with Crippen molar-refractivity contribution in [2.24, 2.45) is 7.05 Å². The van der Waals surface area contributed by atoms with Crippen molar-refractivity contribution in [1.82, 2.24) is 19.1 Å². The molecule has 120 valence electrons. The molecule has 2 aromatic rings. The maximum absolute atomic E-state index is 12.1. The summed E-state index contributed by atoms with van der Waals surface area (Å²) >= 11 is 0. The van der Waals surface area contributed by atoms with Gasteiger partial charge in [0.05, 0.1) is 0 Å². The maximum Gasteiger partial charge on any atom is 0.330 e. The van der Waals surface area contributed by atoms with Gasteiger partial charge in [-0.2, -0.15) is 0 Å². The SMILES string of the molecule is CCC(C)n1c(=O)[nH]c(=O)c2c1nc(CCCC(=O)O)n2C. The number of hydrogen-bond acceptors (Lipinski definition) is 4. The molecular formula is C14H20N4O4. The molecule has 0 saturated carbocycles. The molecule has 2 N–H and O–H groups in total. The lowest BCUT2D eigenvalue weighted by Gasteiger charge is -2.12. The topological polar surface area (TPSA) is 110 Å². The third-order valence-corrected chi connectivity index (χ3v) is 3.87. The summed E-state index contributed by atoms with van der Waals surface area (Å²) in [4.78, 5) is 41.4. The number of rotatable bonds is 6. The fourth-order valence-corrected chi connectivity index (χ4v) is 2.48. The molecule has 0 spiro atoms. The molecule has 2 heterocycles. The van der Waals surface area contributed by atoms with Gasteiger partial charge in [0.1, 0.15) is 5.82 Å². The molecule has 0 aliphatic heterocycles. The summed E-state index contributed by atoms with van der Waals surface area (Å²) in [7, 11) is 1.70. The number of carbonyl (C=O) groups is 1. The van der Waals surface area contributed by atoms with Crippen molar-refractivity contribution in [3.05, 3.63) is 26.7 Å². The summed E-state index contributed by atoms with van der Waals surface area (Å²) in [5, 5.41) is 8.70. The molecule has 0 bridgehead atoms. The van der Waals surface area contributed by atoms with Crippen LogP contribution in [-0.2, 0) is 18.3 Å². The number of H-pyrrole nitrogens is 1. The molecule has 0 saturated heterocycles. The normalized spacial score (nSPS) is 12.7. The summed E-state index contributed by atoms with van der Waals surface area (Å²) in [5.74, 6) is -0.266. The van der Waals surface area contributed by atoms with E-state index in [0.29, 0.717) is 29.8 Å². The van der Waals surface area contributed by atoms with E-state index in [4.69, 9.17) is 5.11 Å². The van der Waals surface area contributed by atoms with E-state index in [1.165, 1.54) is 4.57 Å². The number of aliphatic carboxylic acids is 1.